The van der Waals surface area contributed by atoms with Gasteiger partial charge in [0.2, 0.25) is 0 Å². The van der Waals surface area contributed by atoms with Crippen molar-refractivity contribution in [3.05, 3.63) is 216 Å². The number of amidine groups is 2. The van der Waals surface area contributed by atoms with Crippen LogP contribution < -0.4 is 5.32 Å². The zero-order valence-electron chi connectivity index (χ0n) is 35.8. The molecular formula is C60H38N4O2. The van der Waals surface area contributed by atoms with Crippen molar-refractivity contribution >= 4 is 115 Å². The Balaban J connectivity index is 1.07. The van der Waals surface area contributed by atoms with Crippen LogP contribution in [0, 0.1) is 0 Å². The third-order valence-electron chi connectivity index (χ3n) is 13.5. The van der Waals surface area contributed by atoms with E-state index in [4.69, 9.17) is 18.8 Å². The van der Waals surface area contributed by atoms with Crippen molar-refractivity contribution in [1.29, 1.82) is 0 Å². The maximum atomic E-state index is 6.93. The van der Waals surface area contributed by atoms with Crippen LogP contribution in [0.2, 0.25) is 0 Å². The van der Waals surface area contributed by atoms with Gasteiger partial charge in [-0.05, 0) is 105 Å². The maximum Gasteiger partial charge on any atom is 0.162 e. The van der Waals surface area contributed by atoms with Crippen LogP contribution >= 0.6 is 0 Å². The average molecular weight is 847 g/mol. The van der Waals surface area contributed by atoms with E-state index in [9.17, 15) is 0 Å². The van der Waals surface area contributed by atoms with E-state index in [1.54, 1.807) is 0 Å². The Hall–Kier alpha value is -8.74. The molecule has 0 radical (unpaired) electrons. The molecule has 14 rings (SSSR count). The summed E-state index contributed by atoms with van der Waals surface area (Å²) in [5.74, 6) is 1.30. The zero-order chi connectivity index (χ0) is 43.5. The number of hydrogen-bond acceptors (Lipinski definition) is 5. The highest BCUT2D eigenvalue weighted by molar-refractivity contribution is 6.24. The molecule has 0 amide bonds. The first-order valence-electron chi connectivity index (χ1n) is 22.4. The van der Waals surface area contributed by atoms with E-state index in [0.29, 0.717) is 18.2 Å². The summed E-state index contributed by atoms with van der Waals surface area (Å²) in [5.41, 5.74) is 11.2. The lowest BCUT2D eigenvalue weighted by Crippen LogP contribution is -2.29. The second-order valence-electron chi connectivity index (χ2n) is 17.5. The molecule has 0 fully saturated rings. The highest BCUT2D eigenvalue weighted by Crippen LogP contribution is 2.42. The smallest absolute Gasteiger partial charge is 0.162 e. The predicted octanol–water partition coefficient (Wildman–Crippen LogP) is 15.3. The summed E-state index contributed by atoms with van der Waals surface area (Å²) in [6.45, 7) is 2.70. The van der Waals surface area contributed by atoms with Crippen molar-refractivity contribution in [1.82, 2.24) is 9.88 Å². The summed E-state index contributed by atoms with van der Waals surface area (Å²) in [5, 5.41) is 17.4. The molecule has 1 N–H and O–H groups in total. The van der Waals surface area contributed by atoms with E-state index in [1.165, 1.54) is 37.7 Å². The molecule has 3 aromatic heterocycles. The Kier molecular flexibility index (Phi) is 7.86. The Morgan fingerprint density at radius 2 is 1.05 bits per heavy atom. The van der Waals surface area contributed by atoms with Crippen LogP contribution in [0.5, 0.6) is 0 Å². The summed E-state index contributed by atoms with van der Waals surface area (Å²) in [7, 11) is 0. The first-order valence-corrected chi connectivity index (χ1v) is 22.4. The minimum atomic E-state index is 0.531. The van der Waals surface area contributed by atoms with Gasteiger partial charge in [-0.2, -0.15) is 0 Å². The quantitative estimate of drug-likeness (QED) is 0.192. The van der Waals surface area contributed by atoms with Crippen molar-refractivity contribution in [2.45, 2.75) is 6.92 Å². The van der Waals surface area contributed by atoms with Gasteiger partial charge in [0.1, 0.15) is 22.6 Å². The molecule has 66 heavy (non-hydrogen) atoms. The Labute approximate surface area is 378 Å². The molecule has 0 aliphatic carbocycles. The number of furan rings is 2. The monoisotopic (exact) mass is 846 g/mol. The minimum Gasteiger partial charge on any atom is -0.456 e. The molecule has 0 atom stereocenters. The molecule has 6 heteroatoms. The number of fused-ring (bicyclic) bond motifs is 12. The van der Waals surface area contributed by atoms with Crippen LogP contribution in [0.4, 0.5) is 0 Å². The van der Waals surface area contributed by atoms with E-state index < -0.39 is 0 Å². The second-order valence-corrected chi connectivity index (χ2v) is 17.5. The first kappa shape index (κ1) is 36.7. The van der Waals surface area contributed by atoms with Gasteiger partial charge < -0.3 is 18.7 Å². The van der Waals surface area contributed by atoms with Crippen molar-refractivity contribution in [2.24, 2.45) is 9.98 Å². The number of nitrogens with zero attached hydrogens (tertiary/aromatic N) is 3. The first-order chi connectivity index (χ1) is 32.6. The van der Waals surface area contributed by atoms with Crippen LogP contribution in [0.15, 0.2) is 219 Å². The number of nitrogens with one attached hydrogen (secondary N) is 1. The van der Waals surface area contributed by atoms with E-state index in [-0.39, 0.29) is 0 Å². The fourth-order valence-electron chi connectivity index (χ4n) is 10.3. The lowest BCUT2D eigenvalue weighted by atomic mass is 10.0. The largest absolute Gasteiger partial charge is 0.456 e. The zero-order valence-corrected chi connectivity index (χ0v) is 35.8. The highest BCUT2D eigenvalue weighted by atomic mass is 16.3. The van der Waals surface area contributed by atoms with Gasteiger partial charge in [-0.1, -0.05) is 133 Å². The Bertz CT molecular complexity index is 4220. The van der Waals surface area contributed by atoms with E-state index in [0.717, 1.165) is 93.9 Å². The van der Waals surface area contributed by atoms with E-state index in [1.807, 2.05) is 30.3 Å². The van der Waals surface area contributed by atoms with Gasteiger partial charge in [-0.3, -0.25) is 0 Å². The Morgan fingerprint density at radius 3 is 1.76 bits per heavy atom. The molecule has 0 saturated carbocycles. The van der Waals surface area contributed by atoms with Gasteiger partial charge in [0.25, 0.3) is 0 Å². The normalized spacial score (nSPS) is 16.4. The van der Waals surface area contributed by atoms with Crippen LogP contribution in [0.1, 0.15) is 23.6 Å². The number of rotatable bonds is 4. The highest BCUT2D eigenvalue weighted by Gasteiger charge is 2.24. The fraction of sp³-hybridized carbons (Fsp3) is 0.0333. The van der Waals surface area contributed by atoms with E-state index in [2.05, 4.69) is 181 Å². The van der Waals surface area contributed by atoms with Gasteiger partial charge in [-0.15, -0.1) is 0 Å². The second kappa shape index (κ2) is 14.1. The molecule has 4 heterocycles. The van der Waals surface area contributed by atoms with Gasteiger partial charge in [0, 0.05) is 55.6 Å². The number of benzene rings is 10. The lowest BCUT2D eigenvalue weighted by Gasteiger charge is -2.19. The summed E-state index contributed by atoms with van der Waals surface area (Å²) in [6, 6.07) is 68.8. The molecule has 0 bridgehead atoms. The standard InChI is InChI=1S/C60H38N4O2/c1-35-34-61-59(63-60(62-57(35)42-26-25-36-13-2-3-14-37(36)27-42)46-21-12-24-55-56(46)45-20-9-11-23-54(45)65-55)43-30-49-44-19-8-10-22-53(44)66-58(49)52(33-43)64-50-31-40-17-6-4-15-38(40)28-47(50)48-29-39-16-5-7-18-41(39)32-51(48)64/h2-33H,34H2,1H3,(H,61,62,63)/b57-35+. The molecule has 6 nitrogen and oxygen atoms in total. The molecule has 0 saturated heterocycles. The van der Waals surface area contributed by atoms with Crippen LogP contribution in [0.25, 0.3) is 109 Å². The van der Waals surface area contributed by atoms with E-state index >= 15 is 0 Å². The fourth-order valence-corrected chi connectivity index (χ4v) is 10.3. The van der Waals surface area contributed by atoms with Gasteiger partial charge in [0.05, 0.1) is 22.4 Å². The molecule has 1 aliphatic heterocycles. The van der Waals surface area contributed by atoms with Crippen LogP contribution in [0.3, 0.4) is 0 Å². The maximum absolute atomic E-state index is 6.93. The number of hydrogen-bond donors (Lipinski definition) is 1. The third kappa shape index (κ3) is 5.61. The number of aliphatic imine (C=N–C) groups is 2. The van der Waals surface area contributed by atoms with Crippen molar-refractivity contribution < 1.29 is 8.83 Å². The Morgan fingerprint density at radius 1 is 0.455 bits per heavy atom. The molecule has 13 aromatic rings. The SMILES string of the molecule is C\C1=C(c2ccc3ccccc3c2)/N=C(c2cccc3oc4ccccc4c23)\N=C(\c2cc(-n3c4cc5ccccc5cc4c4cc5ccccc5cc43)c3oc4ccccc4c3c2)NC1. The summed E-state index contributed by atoms with van der Waals surface area (Å²) in [4.78, 5) is 11.2. The summed E-state index contributed by atoms with van der Waals surface area (Å²) in [6.07, 6.45) is 0. The van der Waals surface area contributed by atoms with Gasteiger partial charge in [0.15, 0.2) is 11.4 Å². The van der Waals surface area contributed by atoms with Crippen molar-refractivity contribution in [3.8, 4) is 5.69 Å². The predicted molar refractivity (Wildman–Crippen MR) is 274 cm³/mol. The molecular weight excluding hydrogens is 809 g/mol. The molecule has 310 valence electrons. The van der Waals surface area contributed by atoms with Crippen molar-refractivity contribution in [2.75, 3.05) is 6.54 Å². The molecule has 10 aromatic carbocycles. The van der Waals surface area contributed by atoms with Crippen molar-refractivity contribution in [3.63, 3.8) is 0 Å². The minimum absolute atomic E-state index is 0.531. The van der Waals surface area contributed by atoms with Gasteiger partial charge in [-0.25, -0.2) is 9.98 Å². The van der Waals surface area contributed by atoms with Gasteiger partial charge >= 0.3 is 0 Å². The molecule has 1 aliphatic rings. The topological polar surface area (TPSA) is 68.0 Å². The number of para-hydroxylation sites is 2. The summed E-state index contributed by atoms with van der Waals surface area (Å²) >= 11 is 0. The van der Waals surface area contributed by atoms with Crippen LogP contribution in [-0.2, 0) is 0 Å². The molecule has 0 spiro atoms. The lowest BCUT2D eigenvalue weighted by molar-refractivity contribution is 0.666. The third-order valence-corrected chi connectivity index (χ3v) is 13.5. The average Bonchev–Trinajstić information content (AvgIpc) is 4.03. The number of aromatic nitrogens is 1. The summed E-state index contributed by atoms with van der Waals surface area (Å²) < 4.78 is 15.8. The van der Waals surface area contributed by atoms with Crippen LogP contribution in [-0.4, -0.2) is 22.8 Å². The molecule has 0 unspecified atom stereocenters.